The normalized spacial score (nSPS) is 25.9. The average molecular weight is 211 g/mol. The second kappa shape index (κ2) is 4.94. The molecule has 0 aromatic carbocycles. The van der Waals surface area contributed by atoms with Crippen molar-refractivity contribution in [3.05, 3.63) is 0 Å². The van der Waals surface area contributed by atoms with Gasteiger partial charge < -0.3 is 15.1 Å². The van der Waals surface area contributed by atoms with Crippen molar-refractivity contribution in [1.82, 2.24) is 15.1 Å². The Hall–Kier alpha value is -0.610. The van der Waals surface area contributed by atoms with Crippen LogP contribution in [0, 0.1) is 0 Å². The molecule has 1 N–H and O–H groups in total. The van der Waals surface area contributed by atoms with Crippen LogP contribution in [0.2, 0.25) is 0 Å². The van der Waals surface area contributed by atoms with Gasteiger partial charge in [0.05, 0.1) is 6.54 Å². The first-order chi connectivity index (χ1) is 7.31. The molecule has 4 nitrogen and oxygen atoms in total. The van der Waals surface area contributed by atoms with E-state index in [1.807, 2.05) is 0 Å². The maximum absolute atomic E-state index is 11.7. The molecule has 0 aromatic heterocycles. The zero-order valence-electron chi connectivity index (χ0n) is 9.54. The second-order valence-electron chi connectivity index (χ2n) is 4.43. The lowest BCUT2D eigenvalue weighted by Gasteiger charge is -2.40. The molecule has 0 aromatic rings. The number of carbonyl (C=O) groups excluding carboxylic acids is 1. The Kier molecular flexibility index (Phi) is 3.59. The molecule has 2 saturated heterocycles. The Balaban J connectivity index is 1.86. The average Bonchev–Trinajstić information content (AvgIpc) is 2.30. The third kappa shape index (κ3) is 2.49. The number of nitrogens with one attached hydrogen (secondary N) is 1. The van der Waals surface area contributed by atoms with E-state index in [4.69, 9.17) is 0 Å². The summed E-state index contributed by atoms with van der Waals surface area (Å²) in [5.74, 6) is 0.288. The van der Waals surface area contributed by atoms with Crippen LogP contribution in [0.25, 0.3) is 0 Å². The maximum atomic E-state index is 11.7. The van der Waals surface area contributed by atoms with Crippen LogP contribution in [-0.2, 0) is 4.79 Å². The van der Waals surface area contributed by atoms with Crippen LogP contribution in [-0.4, -0.2) is 61.0 Å². The Morgan fingerprint density at radius 3 is 2.67 bits per heavy atom. The molecule has 2 heterocycles. The highest BCUT2D eigenvalue weighted by Crippen LogP contribution is 2.17. The fourth-order valence-corrected chi connectivity index (χ4v) is 2.55. The Bertz CT molecular complexity index is 224. The number of amides is 1. The van der Waals surface area contributed by atoms with Crippen molar-refractivity contribution in [2.24, 2.45) is 0 Å². The molecule has 0 spiro atoms. The predicted molar refractivity (Wildman–Crippen MR) is 59.7 cm³/mol. The van der Waals surface area contributed by atoms with Crippen molar-refractivity contribution >= 4 is 5.91 Å². The van der Waals surface area contributed by atoms with E-state index in [2.05, 4.69) is 22.0 Å². The standard InChI is InChI=1S/C11H21N3O/c1-2-13-6-3-10(4-7-13)14-8-5-12-9-11(14)15/h10,12H,2-9H2,1H3. The lowest BCUT2D eigenvalue weighted by molar-refractivity contribution is -0.135. The van der Waals surface area contributed by atoms with E-state index >= 15 is 0 Å². The zero-order chi connectivity index (χ0) is 10.7. The van der Waals surface area contributed by atoms with Gasteiger partial charge in [-0.3, -0.25) is 4.79 Å². The quantitative estimate of drug-likeness (QED) is 0.693. The molecule has 2 aliphatic rings. The number of likely N-dealkylation sites (tertiary alicyclic amines) is 1. The number of piperidine rings is 1. The van der Waals surface area contributed by atoms with Crippen molar-refractivity contribution in [2.45, 2.75) is 25.8 Å². The summed E-state index contributed by atoms with van der Waals surface area (Å²) < 4.78 is 0. The highest BCUT2D eigenvalue weighted by atomic mass is 16.2. The van der Waals surface area contributed by atoms with Crippen molar-refractivity contribution in [1.29, 1.82) is 0 Å². The van der Waals surface area contributed by atoms with E-state index in [1.54, 1.807) is 0 Å². The van der Waals surface area contributed by atoms with Crippen LogP contribution in [0.5, 0.6) is 0 Å². The highest BCUT2D eigenvalue weighted by molar-refractivity contribution is 5.79. The third-order valence-corrected chi connectivity index (χ3v) is 3.57. The molecule has 2 aliphatic heterocycles. The first kappa shape index (κ1) is 10.9. The molecule has 0 saturated carbocycles. The van der Waals surface area contributed by atoms with E-state index < -0.39 is 0 Å². The Morgan fingerprint density at radius 2 is 2.07 bits per heavy atom. The molecule has 0 unspecified atom stereocenters. The van der Waals surface area contributed by atoms with Gasteiger partial charge >= 0.3 is 0 Å². The van der Waals surface area contributed by atoms with E-state index in [0.717, 1.165) is 45.6 Å². The van der Waals surface area contributed by atoms with E-state index in [1.165, 1.54) is 0 Å². The zero-order valence-corrected chi connectivity index (χ0v) is 9.54. The first-order valence-electron chi connectivity index (χ1n) is 6.04. The Labute approximate surface area is 91.6 Å². The van der Waals surface area contributed by atoms with Crippen molar-refractivity contribution in [2.75, 3.05) is 39.3 Å². The summed E-state index contributed by atoms with van der Waals surface area (Å²) in [6.07, 6.45) is 2.30. The summed E-state index contributed by atoms with van der Waals surface area (Å²) in [7, 11) is 0. The van der Waals surface area contributed by atoms with Gasteiger partial charge in [-0.1, -0.05) is 6.92 Å². The van der Waals surface area contributed by atoms with Crippen LogP contribution >= 0.6 is 0 Å². The molecular weight excluding hydrogens is 190 g/mol. The van der Waals surface area contributed by atoms with Gasteiger partial charge in [-0.2, -0.15) is 0 Å². The summed E-state index contributed by atoms with van der Waals surface area (Å²) >= 11 is 0. The van der Waals surface area contributed by atoms with Gasteiger partial charge in [0.2, 0.25) is 5.91 Å². The summed E-state index contributed by atoms with van der Waals surface area (Å²) in [6.45, 7) is 8.04. The van der Waals surface area contributed by atoms with Gasteiger partial charge in [0.1, 0.15) is 0 Å². The third-order valence-electron chi connectivity index (χ3n) is 3.57. The van der Waals surface area contributed by atoms with Gasteiger partial charge in [-0.05, 0) is 19.4 Å². The largest absolute Gasteiger partial charge is 0.337 e. The van der Waals surface area contributed by atoms with Crippen molar-refractivity contribution in [3.63, 3.8) is 0 Å². The molecule has 86 valence electrons. The van der Waals surface area contributed by atoms with Gasteiger partial charge in [-0.25, -0.2) is 0 Å². The highest BCUT2D eigenvalue weighted by Gasteiger charge is 2.28. The summed E-state index contributed by atoms with van der Waals surface area (Å²) in [5.41, 5.74) is 0. The number of nitrogens with zero attached hydrogens (tertiary/aromatic N) is 2. The summed E-state index contributed by atoms with van der Waals surface area (Å²) in [4.78, 5) is 16.2. The lowest BCUT2D eigenvalue weighted by Crippen LogP contribution is -2.55. The molecule has 2 rings (SSSR count). The van der Waals surface area contributed by atoms with E-state index in [0.29, 0.717) is 12.6 Å². The van der Waals surface area contributed by atoms with Crippen LogP contribution < -0.4 is 5.32 Å². The minimum atomic E-state index is 0.288. The topological polar surface area (TPSA) is 35.6 Å². The number of piperazine rings is 1. The van der Waals surface area contributed by atoms with Gasteiger partial charge in [-0.15, -0.1) is 0 Å². The molecule has 0 atom stereocenters. The maximum Gasteiger partial charge on any atom is 0.236 e. The van der Waals surface area contributed by atoms with Crippen molar-refractivity contribution in [3.8, 4) is 0 Å². The first-order valence-corrected chi connectivity index (χ1v) is 6.04. The smallest absolute Gasteiger partial charge is 0.236 e. The number of hydrogen-bond acceptors (Lipinski definition) is 3. The second-order valence-corrected chi connectivity index (χ2v) is 4.43. The Morgan fingerprint density at radius 1 is 1.33 bits per heavy atom. The monoisotopic (exact) mass is 211 g/mol. The van der Waals surface area contributed by atoms with E-state index in [9.17, 15) is 4.79 Å². The van der Waals surface area contributed by atoms with Crippen LogP contribution in [0.15, 0.2) is 0 Å². The molecule has 4 heteroatoms. The van der Waals surface area contributed by atoms with Crippen molar-refractivity contribution < 1.29 is 4.79 Å². The summed E-state index contributed by atoms with van der Waals surface area (Å²) in [5, 5.41) is 3.12. The van der Waals surface area contributed by atoms with Crippen LogP contribution in [0.1, 0.15) is 19.8 Å². The minimum absolute atomic E-state index is 0.288. The van der Waals surface area contributed by atoms with Gasteiger partial charge in [0, 0.05) is 32.2 Å². The molecule has 0 radical (unpaired) electrons. The fourth-order valence-electron chi connectivity index (χ4n) is 2.55. The van der Waals surface area contributed by atoms with Crippen LogP contribution in [0.3, 0.4) is 0 Å². The molecule has 0 bridgehead atoms. The van der Waals surface area contributed by atoms with Crippen LogP contribution in [0.4, 0.5) is 0 Å². The fraction of sp³-hybridized carbons (Fsp3) is 0.909. The number of carbonyl (C=O) groups is 1. The summed E-state index contributed by atoms with van der Waals surface area (Å²) in [6, 6.07) is 0.502. The SMILES string of the molecule is CCN1CCC(N2CCNCC2=O)CC1. The molecule has 1 amide bonds. The molecule has 0 aliphatic carbocycles. The predicted octanol–water partition coefficient (Wildman–Crippen LogP) is -0.0975. The van der Waals surface area contributed by atoms with Gasteiger partial charge in [0.15, 0.2) is 0 Å². The molecule has 15 heavy (non-hydrogen) atoms. The number of rotatable bonds is 2. The van der Waals surface area contributed by atoms with Gasteiger partial charge in [0.25, 0.3) is 0 Å². The molecular formula is C11H21N3O. The lowest BCUT2D eigenvalue weighted by atomic mass is 10.0. The molecule has 2 fully saturated rings. The number of hydrogen-bond donors (Lipinski definition) is 1. The van der Waals surface area contributed by atoms with E-state index in [-0.39, 0.29) is 5.91 Å². The minimum Gasteiger partial charge on any atom is -0.337 e.